The first-order valence-electron chi connectivity index (χ1n) is 4.15. The molecule has 0 aliphatic carbocycles. The summed E-state index contributed by atoms with van der Waals surface area (Å²) in [6, 6.07) is 0. The highest BCUT2D eigenvalue weighted by atomic mass is 16.6. The molecular formula is C9H17O2. The van der Waals surface area contributed by atoms with E-state index in [4.69, 9.17) is 4.74 Å². The fraction of sp³-hybridized carbons (Fsp3) is 0.778. The summed E-state index contributed by atoms with van der Waals surface area (Å²) in [5.41, 5.74) is -0.493. The van der Waals surface area contributed by atoms with E-state index in [0.717, 1.165) is 12.8 Å². The first-order chi connectivity index (χ1) is 5.08. The van der Waals surface area contributed by atoms with Crippen LogP contribution in [-0.2, 0) is 9.53 Å². The summed E-state index contributed by atoms with van der Waals surface area (Å²) < 4.78 is 5.14. The molecule has 0 bridgehead atoms. The Kier molecular flexibility index (Phi) is 4.16. The van der Waals surface area contributed by atoms with E-state index in [2.05, 4.69) is 6.92 Å². The van der Waals surface area contributed by atoms with E-state index >= 15 is 0 Å². The zero-order valence-electron chi connectivity index (χ0n) is 7.64. The SMILES string of the molecule is [CH2]C(CC)(CC)OC(=O)CC. The van der Waals surface area contributed by atoms with E-state index in [1.165, 1.54) is 0 Å². The van der Waals surface area contributed by atoms with Crippen molar-refractivity contribution >= 4 is 5.97 Å². The molecule has 0 heterocycles. The summed E-state index contributed by atoms with van der Waals surface area (Å²) in [7, 11) is 0. The number of hydrogen-bond acceptors (Lipinski definition) is 2. The third-order valence-corrected chi connectivity index (χ3v) is 1.91. The van der Waals surface area contributed by atoms with E-state index in [9.17, 15) is 4.79 Å². The minimum Gasteiger partial charge on any atom is -0.459 e. The quantitative estimate of drug-likeness (QED) is 0.585. The first-order valence-corrected chi connectivity index (χ1v) is 4.15. The molecular weight excluding hydrogens is 140 g/mol. The van der Waals surface area contributed by atoms with Crippen LogP contribution in [0.1, 0.15) is 40.0 Å². The Hall–Kier alpha value is -0.530. The Morgan fingerprint density at radius 3 is 2.09 bits per heavy atom. The van der Waals surface area contributed by atoms with Crippen LogP contribution in [0.25, 0.3) is 0 Å². The van der Waals surface area contributed by atoms with Crippen LogP contribution in [0.5, 0.6) is 0 Å². The molecule has 0 fully saturated rings. The summed E-state index contributed by atoms with van der Waals surface area (Å²) in [4.78, 5) is 10.9. The molecule has 65 valence electrons. The second-order valence-corrected chi connectivity index (χ2v) is 2.72. The second kappa shape index (κ2) is 4.37. The van der Waals surface area contributed by atoms with Crippen molar-refractivity contribution in [3.8, 4) is 0 Å². The predicted octanol–water partition coefficient (Wildman–Crippen LogP) is 2.33. The van der Waals surface area contributed by atoms with Crippen LogP contribution in [0.3, 0.4) is 0 Å². The minimum absolute atomic E-state index is 0.163. The average Bonchev–Trinajstić information content (AvgIpc) is 2.04. The van der Waals surface area contributed by atoms with E-state index in [1.54, 1.807) is 6.92 Å². The van der Waals surface area contributed by atoms with Gasteiger partial charge in [0, 0.05) is 6.42 Å². The minimum atomic E-state index is -0.493. The molecule has 0 amide bonds. The highest BCUT2D eigenvalue weighted by molar-refractivity contribution is 5.69. The normalized spacial score (nSPS) is 11.3. The van der Waals surface area contributed by atoms with Crippen molar-refractivity contribution in [2.75, 3.05) is 0 Å². The fourth-order valence-electron chi connectivity index (χ4n) is 0.708. The van der Waals surface area contributed by atoms with Gasteiger partial charge >= 0.3 is 5.97 Å². The van der Waals surface area contributed by atoms with Gasteiger partial charge in [-0.05, 0) is 19.8 Å². The third-order valence-electron chi connectivity index (χ3n) is 1.91. The molecule has 0 N–H and O–H groups in total. The van der Waals surface area contributed by atoms with E-state index in [0.29, 0.717) is 6.42 Å². The largest absolute Gasteiger partial charge is 0.459 e. The van der Waals surface area contributed by atoms with Gasteiger partial charge < -0.3 is 4.74 Å². The van der Waals surface area contributed by atoms with Crippen molar-refractivity contribution in [2.45, 2.75) is 45.6 Å². The van der Waals surface area contributed by atoms with Crippen molar-refractivity contribution in [1.82, 2.24) is 0 Å². The molecule has 0 saturated heterocycles. The van der Waals surface area contributed by atoms with Crippen molar-refractivity contribution < 1.29 is 9.53 Å². The van der Waals surface area contributed by atoms with Crippen LogP contribution < -0.4 is 0 Å². The summed E-state index contributed by atoms with van der Waals surface area (Å²) in [6.45, 7) is 9.58. The lowest BCUT2D eigenvalue weighted by atomic mass is 10.0. The Labute approximate surface area is 68.9 Å². The zero-order valence-corrected chi connectivity index (χ0v) is 7.64. The Balaban J connectivity index is 3.96. The van der Waals surface area contributed by atoms with Gasteiger partial charge in [0.1, 0.15) is 5.60 Å². The molecule has 0 rings (SSSR count). The number of rotatable bonds is 4. The van der Waals surface area contributed by atoms with Gasteiger partial charge in [-0.2, -0.15) is 0 Å². The maximum absolute atomic E-state index is 10.9. The lowest BCUT2D eigenvalue weighted by Crippen LogP contribution is -2.30. The van der Waals surface area contributed by atoms with Gasteiger partial charge in [0.15, 0.2) is 0 Å². The monoisotopic (exact) mass is 157 g/mol. The first kappa shape index (κ1) is 10.5. The van der Waals surface area contributed by atoms with Crippen LogP contribution in [0.15, 0.2) is 0 Å². The molecule has 0 saturated carbocycles. The lowest BCUT2D eigenvalue weighted by molar-refractivity contribution is -0.155. The molecule has 2 heteroatoms. The molecule has 0 aromatic rings. The lowest BCUT2D eigenvalue weighted by Gasteiger charge is -2.26. The average molecular weight is 157 g/mol. The summed E-state index contributed by atoms with van der Waals surface area (Å²) >= 11 is 0. The molecule has 2 nitrogen and oxygen atoms in total. The molecule has 0 aromatic carbocycles. The highest BCUT2D eigenvalue weighted by Crippen LogP contribution is 2.19. The number of hydrogen-bond donors (Lipinski definition) is 0. The van der Waals surface area contributed by atoms with Crippen LogP contribution in [0.4, 0.5) is 0 Å². The molecule has 0 spiro atoms. The number of ether oxygens (including phenoxy) is 1. The number of carbonyl (C=O) groups excluding carboxylic acids is 1. The predicted molar refractivity (Wildman–Crippen MR) is 45.1 cm³/mol. The van der Waals surface area contributed by atoms with Gasteiger partial charge in [-0.3, -0.25) is 4.79 Å². The smallest absolute Gasteiger partial charge is 0.306 e. The Morgan fingerprint density at radius 2 is 1.82 bits per heavy atom. The van der Waals surface area contributed by atoms with Crippen molar-refractivity contribution in [3.63, 3.8) is 0 Å². The molecule has 1 radical (unpaired) electrons. The fourth-order valence-corrected chi connectivity index (χ4v) is 0.708. The maximum Gasteiger partial charge on any atom is 0.306 e. The number of esters is 1. The van der Waals surface area contributed by atoms with Crippen LogP contribution in [-0.4, -0.2) is 11.6 Å². The van der Waals surface area contributed by atoms with E-state index in [1.807, 2.05) is 13.8 Å². The van der Waals surface area contributed by atoms with Crippen LogP contribution >= 0.6 is 0 Å². The van der Waals surface area contributed by atoms with Crippen LogP contribution in [0, 0.1) is 6.92 Å². The second-order valence-electron chi connectivity index (χ2n) is 2.72. The van der Waals surface area contributed by atoms with E-state index < -0.39 is 5.60 Å². The summed E-state index contributed by atoms with van der Waals surface area (Å²) in [5.74, 6) is -0.163. The van der Waals surface area contributed by atoms with Crippen LogP contribution in [0.2, 0.25) is 0 Å². The van der Waals surface area contributed by atoms with Crippen molar-refractivity contribution in [3.05, 3.63) is 6.92 Å². The Morgan fingerprint density at radius 1 is 1.36 bits per heavy atom. The van der Waals surface area contributed by atoms with Crippen molar-refractivity contribution in [1.29, 1.82) is 0 Å². The van der Waals surface area contributed by atoms with Gasteiger partial charge in [-0.15, -0.1) is 0 Å². The van der Waals surface area contributed by atoms with Crippen molar-refractivity contribution in [2.24, 2.45) is 0 Å². The molecule has 0 aliphatic heterocycles. The molecule has 0 aromatic heterocycles. The standard InChI is InChI=1S/C9H17O2/c1-5-8(10)11-9(4,6-2)7-3/h4-7H2,1-3H3. The van der Waals surface area contributed by atoms with E-state index in [-0.39, 0.29) is 5.97 Å². The van der Waals surface area contributed by atoms with Gasteiger partial charge in [-0.1, -0.05) is 20.8 Å². The molecule has 0 atom stereocenters. The summed E-state index contributed by atoms with van der Waals surface area (Å²) in [6.07, 6.45) is 1.97. The van der Waals surface area contributed by atoms with Gasteiger partial charge in [-0.25, -0.2) is 0 Å². The zero-order chi connectivity index (χ0) is 8.91. The van der Waals surface area contributed by atoms with Gasteiger partial charge in [0.05, 0.1) is 0 Å². The molecule has 0 unspecified atom stereocenters. The van der Waals surface area contributed by atoms with Gasteiger partial charge in [0.25, 0.3) is 0 Å². The molecule has 0 aliphatic rings. The topological polar surface area (TPSA) is 26.3 Å². The van der Waals surface area contributed by atoms with Gasteiger partial charge in [0.2, 0.25) is 0 Å². The Bertz CT molecular complexity index is 126. The molecule has 11 heavy (non-hydrogen) atoms. The number of carbonyl (C=O) groups is 1. The highest BCUT2D eigenvalue weighted by Gasteiger charge is 2.23. The maximum atomic E-state index is 10.9. The summed E-state index contributed by atoms with van der Waals surface area (Å²) in [5, 5.41) is 0. The third kappa shape index (κ3) is 3.40.